The third-order valence-electron chi connectivity index (χ3n) is 13.7. The van der Waals surface area contributed by atoms with Gasteiger partial charge in [-0.2, -0.15) is 0 Å². The molecule has 66 heavy (non-hydrogen) atoms. The molecule has 348 valence electrons. The number of nitrogens with zero attached hydrogens (tertiary/aromatic N) is 6. The van der Waals surface area contributed by atoms with Gasteiger partial charge in [-0.3, -0.25) is 19.8 Å². The lowest BCUT2D eigenvalue weighted by Gasteiger charge is -2.39. The molecule has 3 aromatic carbocycles. The fraction of sp³-hybridized carbons (Fsp3) is 0.429. The minimum Gasteiger partial charge on any atom is -0.493 e. The number of aromatic nitrogens is 2. The van der Waals surface area contributed by atoms with E-state index in [-0.39, 0.29) is 34.1 Å². The first kappa shape index (κ1) is 45.6. The Morgan fingerprint density at radius 2 is 1.76 bits per heavy atom. The molecule has 0 radical (unpaired) electrons. The first-order valence-corrected chi connectivity index (χ1v) is 24.6. The number of nitro groups is 1. The molecule has 5 heterocycles. The summed E-state index contributed by atoms with van der Waals surface area (Å²) in [6.07, 6.45) is 7.68. The molecule has 0 saturated carbocycles. The van der Waals surface area contributed by atoms with E-state index in [0.717, 1.165) is 113 Å². The number of amides is 1. The van der Waals surface area contributed by atoms with Gasteiger partial charge in [-0.15, -0.1) is 0 Å². The maximum Gasteiger partial charge on any atom is 0.277 e. The zero-order chi connectivity index (χ0) is 46.2. The second-order valence-corrected chi connectivity index (χ2v) is 21.1. The number of pyridine rings is 1. The van der Waals surface area contributed by atoms with Crippen LogP contribution in [0, 0.1) is 21.4 Å². The molecule has 1 atom stereocenters. The van der Waals surface area contributed by atoms with Crippen LogP contribution in [-0.2, 0) is 16.4 Å². The van der Waals surface area contributed by atoms with Crippen LogP contribution < -0.4 is 19.1 Å². The fourth-order valence-electron chi connectivity index (χ4n) is 9.65. The summed E-state index contributed by atoms with van der Waals surface area (Å²) in [5, 5.41) is 13.9. The molecule has 2 saturated heterocycles. The van der Waals surface area contributed by atoms with Crippen LogP contribution in [0.5, 0.6) is 17.2 Å². The summed E-state index contributed by atoms with van der Waals surface area (Å²) in [6, 6.07) is 19.2. The van der Waals surface area contributed by atoms with Gasteiger partial charge in [0.2, 0.25) is 0 Å². The third kappa shape index (κ3) is 10.4. The summed E-state index contributed by atoms with van der Waals surface area (Å²) in [7, 11) is -2.52. The summed E-state index contributed by atoms with van der Waals surface area (Å²) in [4.78, 5) is 42.4. The number of rotatable bonds is 13. The van der Waals surface area contributed by atoms with Gasteiger partial charge in [0.15, 0.2) is 0 Å². The summed E-state index contributed by atoms with van der Waals surface area (Å²) >= 11 is 6.25. The number of aromatic amines is 1. The zero-order valence-electron chi connectivity index (χ0n) is 37.7. The van der Waals surface area contributed by atoms with Crippen LogP contribution >= 0.6 is 11.6 Å². The second kappa shape index (κ2) is 19.0. The van der Waals surface area contributed by atoms with Crippen molar-refractivity contribution in [2.24, 2.45) is 11.3 Å². The molecular formula is C49H57ClN8O7S. The Morgan fingerprint density at radius 3 is 2.52 bits per heavy atom. The van der Waals surface area contributed by atoms with Crippen LogP contribution in [-0.4, -0.2) is 123 Å². The number of likely N-dealkylation sites (N-methyl/N-ethyl adjacent to an activating group) is 1. The monoisotopic (exact) mass is 936 g/mol. The van der Waals surface area contributed by atoms with Gasteiger partial charge < -0.3 is 29.2 Å². The quantitative estimate of drug-likeness (QED) is 0.0864. The molecule has 2 N–H and O–H groups in total. The van der Waals surface area contributed by atoms with Gasteiger partial charge in [0.05, 0.1) is 33.7 Å². The highest BCUT2D eigenvalue weighted by atomic mass is 35.5. The minimum atomic E-state index is -4.62. The molecule has 4 aliphatic rings. The van der Waals surface area contributed by atoms with Crippen molar-refractivity contribution in [2.45, 2.75) is 50.8 Å². The molecule has 0 spiro atoms. The van der Waals surface area contributed by atoms with E-state index < -0.39 is 25.7 Å². The standard InChI is InChI=1S/C49H57ClN8O7S/c1-49(2)13-10-36(43(29-49)34-4-6-37(50)7-5-34)31-56-20-22-57(23-21-56)38-8-9-41(46(26-38)65-39-25-35-11-14-51-47(35)52-30-39)48(59)53-66(62,63)40-27-44(58(60)61)42-24-33(32-64-45(42)28-40)12-15-55-18-16-54(3)17-19-55/h4-9,11,14,25-28,30,33H,10,12-13,15-24,29,31-32H2,1-3H3,(H,51,52)(H,53,59)/t33-/m1/s1. The molecule has 17 heteroatoms. The third-order valence-corrected chi connectivity index (χ3v) is 15.2. The molecule has 5 aromatic rings. The molecule has 9 rings (SSSR count). The van der Waals surface area contributed by atoms with Crippen molar-refractivity contribution in [3.05, 3.63) is 117 Å². The number of allylic oxidation sites excluding steroid dienone is 1. The number of ether oxygens (including phenoxy) is 2. The highest BCUT2D eigenvalue weighted by Gasteiger charge is 2.34. The van der Waals surface area contributed by atoms with Gasteiger partial charge in [-0.25, -0.2) is 18.1 Å². The van der Waals surface area contributed by atoms with Crippen molar-refractivity contribution in [3.63, 3.8) is 0 Å². The predicted octanol–water partition coefficient (Wildman–Crippen LogP) is 8.01. The lowest BCUT2D eigenvalue weighted by atomic mass is 9.72. The number of H-pyrrole nitrogens is 1. The van der Waals surface area contributed by atoms with E-state index in [1.807, 2.05) is 18.2 Å². The molecule has 2 aromatic heterocycles. The van der Waals surface area contributed by atoms with E-state index in [4.69, 9.17) is 21.1 Å². The van der Waals surface area contributed by atoms with Gasteiger partial charge in [-0.1, -0.05) is 43.2 Å². The second-order valence-electron chi connectivity index (χ2n) is 19.0. The Balaban J connectivity index is 0.922. The first-order chi connectivity index (χ1) is 31.7. The minimum absolute atomic E-state index is 0.0380. The van der Waals surface area contributed by atoms with Gasteiger partial charge in [0.25, 0.3) is 21.6 Å². The first-order valence-electron chi connectivity index (χ1n) is 22.8. The number of carbonyl (C=O) groups is 1. The number of carbonyl (C=O) groups excluding carboxylic acids is 1. The van der Waals surface area contributed by atoms with Crippen molar-refractivity contribution in [1.29, 1.82) is 0 Å². The lowest BCUT2D eigenvalue weighted by molar-refractivity contribution is -0.386. The number of hydrogen-bond acceptors (Lipinski definition) is 12. The number of piperazine rings is 2. The zero-order valence-corrected chi connectivity index (χ0v) is 39.3. The number of hydrogen-bond donors (Lipinski definition) is 2. The highest BCUT2D eigenvalue weighted by Crippen LogP contribution is 2.44. The van der Waals surface area contributed by atoms with Crippen molar-refractivity contribution >= 4 is 55.5 Å². The molecule has 1 amide bonds. The Hall–Kier alpha value is -5.52. The smallest absolute Gasteiger partial charge is 0.277 e. The SMILES string of the molecule is CN1CCN(CC[C@H]2COc3cc(S(=O)(=O)NC(=O)c4ccc(N5CCN(CC6=C(c7ccc(Cl)cc7)CC(C)(C)CC6)CC5)cc4Oc4cnc5[nH]ccc5c4)cc([N+](=O)[O-])c3C2)CC1. The van der Waals surface area contributed by atoms with Crippen LogP contribution in [0.2, 0.25) is 5.02 Å². The molecule has 0 bridgehead atoms. The number of nitro benzene ring substituents is 1. The molecule has 2 fully saturated rings. The number of anilines is 1. The van der Waals surface area contributed by atoms with Crippen molar-refractivity contribution < 1.29 is 27.6 Å². The van der Waals surface area contributed by atoms with E-state index in [1.54, 1.807) is 30.5 Å². The predicted molar refractivity (Wildman–Crippen MR) is 256 cm³/mol. The van der Waals surface area contributed by atoms with E-state index in [0.29, 0.717) is 30.0 Å². The van der Waals surface area contributed by atoms with E-state index >= 15 is 0 Å². The van der Waals surface area contributed by atoms with E-state index in [1.165, 1.54) is 29.0 Å². The maximum absolute atomic E-state index is 14.1. The van der Waals surface area contributed by atoms with Gasteiger partial charge in [0.1, 0.15) is 22.9 Å². The largest absolute Gasteiger partial charge is 0.493 e. The van der Waals surface area contributed by atoms with Crippen molar-refractivity contribution in [1.82, 2.24) is 29.4 Å². The summed E-state index contributed by atoms with van der Waals surface area (Å²) < 4.78 is 42.5. The number of nitrogens with one attached hydrogen (secondary N) is 2. The Labute approximate surface area is 390 Å². The number of halogens is 1. The molecule has 3 aliphatic heterocycles. The van der Waals surface area contributed by atoms with Crippen LogP contribution in [0.1, 0.15) is 61.0 Å². The van der Waals surface area contributed by atoms with Crippen molar-refractivity contribution in [2.75, 3.05) is 84.0 Å². The summed E-state index contributed by atoms with van der Waals surface area (Å²) in [5.74, 6) is -0.300. The summed E-state index contributed by atoms with van der Waals surface area (Å²) in [5.41, 5.74) is 5.77. The maximum atomic E-state index is 14.1. The van der Waals surface area contributed by atoms with Gasteiger partial charge in [-0.05, 0) is 105 Å². The lowest BCUT2D eigenvalue weighted by Crippen LogP contribution is -2.47. The fourth-order valence-corrected chi connectivity index (χ4v) is 10.8. The van der Waals surface area contributed by atoms with Crippen LogP contribution in [0.4, 0.5) is 11.4 Å². The van der Waals surface area contributed by atoms with E-state index in [2.05, 4.69) is 67.3 Å². The molecular weight excluding hydrogens is 880 g/mol. The number of sulfonamides is 1. The number of fused-ring (bicyclic) bond motifs is 2. The molecule has 1 aliphatic carbocycles. The Bertz CT molecular complexity index is 2760. The Morgan fingerprint density at radius 1 is 1.00 bits per heavy atom. The molecule has 0 unspecified atom stereocenters. The molecule has 15 nitrogen and oxygen atoms in total. The highest BCUT2D eigenvalue weighted by molar-refractivity contribution is 7.90. The number of benzene rings is 3. The van der Waals surface area contributed by atoms with Crippen LogP contribution in [0.3, 0.4) is 0 Å². The topological polar surface area (TPSA) is 166 Å². The summed E-state index contributed by atoms with van der Waals surface area (Å²) in [6.45, 7) is 13.7. The van der Waals surface area contributed by atoms with Crippen LogP contribution in [0.25, 0.3) is 16.6 Å². The van der Waals surface area contributed by atoms with Gasteiger partial charge in [0, 0.05) is 99.4 Å². The van der Waals surface area contributed by atoms with Crippen molar-refractivity contribution in [3.8, 4) is 17.2 Å². The van der Waals surface area contributed by atoms with Gasteiger partial charge >= 0.3 is 0 Å². The van der Waals surface area contributed by atoms with Crippen LogP contribution in [0.15, 0.2) is 89.6 Å². The van der Waals surface area contributed by atoms with E-state index in [9.17, 15) is 23.3 Å². The average Bonchev–Trinajstić information content (AvgIpc) is 3.77. The average molecular weight is 938 g/mol. The normalized spacial score (nSPS) is 19.6. The Kier molecular flexibility index (Phi) is 13.1.